The molecule has 2 amide bonds. The Labute approximate surface area is 250 Å². The van der Waals surface area contributed by atoms with Gasteiger partial charge in [0.2, 0.25) is 5.91 Å². The summed E-state index contributed by atoms with van der Waals surface area (Å²) in [5.74, 6) is 0.337. The highest BCUT2D eigenvalue weighted by Crippen LogP contribution is 2.57. The zero-order valence-electron chi connectivity index (χ0n) is 23.7. The van der Waals surface area contributed by atoms with Crippen LogP contribution in [-0.4, -0.2) is 49.4 Å². The second-order valence-corrected chi connectivity index (χ2v) is 12.0. The first-order valence-electron chi connectivity index (χ1n) is 14.6. The molecule has 1 aliphatic heterocycles. The van der Waals surface area contributed by atoms with Crippen molar-refractivity contribution in [1.29, 1.82) is 0 Å². The number of fused-ring (bicyclic) bond motifs is 3. The van der Waals surface area contributed by atoms with Crippen molar-refractivity contribution in [1.82, 2.24) is 24.7 Å². The van der Waals surface area contributed by atoms with Crippen LogP contribution in [0.5, 0.6) is 0 Å². The van der Waals surface area contributed by atoms with E-state index in [4.69, 9.17) is 15.5 Å². The molecule has 1 atom stereocenters. The van der Waals surface area contributed by atoms with Gasteiger partial charge in [0.25, 0.3) is 5.91 Å². The SMILES string of the molecule is Nc1nccn2c(C34CCC(NC(=O)C5CCCO5)(CC3)C4)nc(-c3ccc(C(=O)Nc4cc(C(F)(F)F)ccn4)cc3)c12. The van der Waals surface area contributed by atoms with Crippen LogP contribution in [0.1, 0.15) is 66.7 Å². The summed E-state index contributed by atoms with van der Waals surface area (Å²) in [7, 11) is 0. The minimum atomic E-state index is -4.55. The fraction of sp³-hybridized carbons (Fsp3) is 0.387. The second-order valence-electron chi connectivity index (χ2n) is 12.0. The molecule has 1 aromatic carbocycles. The summed E-state index contributed by atoms with van der Waals surface area (Å²) in [5.41, 5.74) is 7.12. The third-order valence-electron chi connectivity index (χ3n) is 9.26. The van der Waals surface area contributed by atoms with Gasteiger partial charge in [-0.25, -0.2) is 15.0 Å². The van der Waals surface area contributed by atoms with E-state index in [2.05, 4.69) is 20.6 Å². The van der Waals surface area contributed by atoms with E-state index in [1.165, 1.54) is 0 Å². The molecular formula is C31H30F3N7O3. The molecule has 2 saturated carbocycles. The van der Waals surface area contributed by atoms with Gasteiger partial charge in [0.05, 0.1) is 5.56 Å². The summed E-state index contributed by atoms with van der Waals surface area (Å²) in [6.07, 6.45) is 5.38. The number of alkyl halides is 3. The molecule has 4 heterocycles. The Hall–Kier alpha value is -4.52. The van der Waals surface area contributed by atoms with Crippen LogP contribution in [0.15, 0.2) is 55.0 Å². The number of pyridine rings is 1. The molecule has 228 valence electrons. The number of nitrogen functional groups attached to an aromatic ring is 1. The van der Waals surface area contributed by atoms with Crippen LogP contribution in [0.2, 0.25) is 0 Å². The van der Waals surface area contributed by atoms with Crippen LogP contribution in [0.25, 0.3) is 16.8 Å². The molecule has 7 rings (SSSR count). The predicted octanol–water partition coefficient (Wildman–Crippen LogP) is 4.89. The van der Waals surface area contributed by atoms with Crippen molar-refractivity contribution in [2.45, 2.75) is 68.2 Å². The van der Waals surface area contributed by atoms with E-state index < -0.39 is 17.6 Å². The summed E-state index contributed by atoms with van der Waals surface area (Å²) >= 11 is 0. The topological polar surface area (TPSA) is 137 Å². The van der Waals surface area contributed by atoms with Crippen molar-refractivity contribution in [3.63, 3.8) is 0 Å². The van der Waals surface area contributed by atoms with Gasteiger partial charge in [-0.3, -0.25) is 14.0 Å². The number of carbonyl (C=O) groups is 2. The van der Waals surface area contributed by atoms with Gasteiger partial charge in [-0.2, -0.15) is 13.2 Å². The molecule has 2 bridgehead atoms. The molecule has 4 aromatic rings. The van der Waals surface area contributed by atoms with Crippen LogP contribution in [0.4, 0.5) is 24.8 Å². The summed E-state index contributed by atoms with van der Waals surface area (Å²) in [4.78, 5) is 39.0. The average Bonchev–Trinajstić information content (AvgIpc) is 3.80. The number of imidazole rings is 1. The van der Waals surface area contributed by atoms with Crippen LogP contribution < -0.4 is 16.4 Å². The molecule has 4 N–H and O–H groups in total. The normalized spacial score (nSPS) is 24.6. The second kappa shape index (κ2) is 10.3. The number of nitrogens with two attached hydrogens (primary N) is 1. The van der Waals surface area contributed by atoms with E-state index in [1.54, 1.807) is 30.5 Å². The maximum atomic E-state index is 13.1. The quantitative estimate of drug-likeness (QED) is 0.285. The molecule has 10 nitrogen and oxygen atoms in total. The smallest absolute Gasteiger partial charge is 0.382 e. The maximum absolute atomic E-state index is 13.1. The van der Waals surface area contributed by atoms with Gasteiger partial charge < -0.3 is 21.1 Å². The third-order valence-corrected chi connectivity index (χ3v) is 9.26. The molecule has 3 aliphatic rings. The van der Waals surface area contributed by atoms with E-state index in [-0.39, 0.29) is 34.3 Å². The molecule has 3 aromatic heterocycles. The van der Waals surface area contributed by atoms with Crippen molar-refractivity contribution >= 4 is 29.0 Å². The number of benzene rings is 1. The Balaban J connectivity index is 1.15. The Morgan fingerprint density at radius 3 is 2.52 bits per heavy atom. The zero-order valence-corrected chi connectivity index (χ0v) is 23.7. The molecule has 13 heteroatoms. The maximum Gasteiger partial charge on any atom is 0.416 e. The van der Waals surface area contributed by atoms with Crippen molar-refractivity contribution in [2.75, 3.05) is 17.7 Å². The van der Waals surface area contributed by atoms with Crippen LogP contribution in [0, 0.1) is 0 Å². The highest BCUT2D eigenvalue weighted by molar-refractivity contribution is 6.04. The number of rotatable bonds is 6. The fourth-order valence-electron chi connectivity index (χ4n) is 7.09. The molecule has 1 saturated heterocycles. The van der Waals surface area contributed by atoms with Gasteiger partial charge >= 0.3 is 6.18 Å². The fourth-order valence-corrected chi connectivity index (χ4v) is 7.09. The Bertz CT molecular complexity index is 1760. The lowest BCUT2D eigenvalue weighted by Crippen LogP contribution is -2.49. The van der Waals surface area contributed by atoms with Gasteiger partial charge in [0, 0.05) is 47.3 Å². The Kier molecular flexibility index (Phi) is 6.61. The number of carbonyl (C=O) groups excluding carboxylic acids is 2. The molecule has 0 radical (unpaired) electrons. The number of hydrogen-bond acceptors (Lipinski definition) is 7. The van der Waals surface area contributed by atoms with E-state index in [9.17, 15) is 22.8 Å². The standard InChI is InChI=1S/C31H30F3N7O3/c32-31(33,34)20-7-12-36-22(16-20)38-26(42)19-5-3-18(4-6-19)23-24-25(35)37-13-14-41(24)28(39-23)29-8-10-30(17-29,11-9-29)40-27(43)21-2-1-15-44-21/h3-7,12-14,16,21H,1-2,8-11,15,17H2,(H2,35,37)(H,40,43)(H,36,38,42). The van der Waals surface area contributed by atoms with Crippen LogP contribution in [-0.2, 0) is 21.1 Å². The number of ether oxygens (including phenoxy) is 1. The minimum absolute atomic E-state index is 0.0322. The molecule has 0 spiro atoms. The number of hydrogen-bond donors (Lipinski definition) is 3. The number of halogens is 3. The number of anilines is 2. The van der Waals surface area contributed by atoms with Gasteiger partial charge in [0.1, 0.15) is 34.8 Å². The van der Waals surface area contributed by atoms with Gasteiger partial charge in [-0.05, 0) is 69.2 Å². The first-order chi connectivity index (χ1) is 21.1. The zero-order chi connectivity index (χ0) is 30.7. The van der Waals surface area contributed by atoms with E-state index in [1.807, 2.05) is 10.6 Å². The van der Waals surface area contributed by atoms with E-state index in [0.29, 0.717) is 29.2 Å². The summed E-state index contributed by atoms with van der Waals surface area (Å²) in [5, 5.41) is 5.75. The molecule has 3 fully saturated rings. The van der Waals surface area contributed by atoms with Crippen molar-refractivity contribution in [3.8, 4) is 11.3 Å². The third kappa shape index (κ3) is 4.84. The van der Waals surface area contributed by atoms with E-state index >= 15 is 0 Å². The van der Waals surface area contributed by atoms with Crippen LogP contribution >= 0.6 is 0 Å². The number of amides is 2. The van der Waals surface area contributed by atoms with Gasteiger partial charge in [-0.1, -0.05) is 12.1 Å². The Morgan fingerprint density at radius 1 is 1.05 bits per heavy atom. The lowest BCUT2D eigenvalue weighted by molar-refractivity contribution is -0.137. The highest BCUT2D eigenvalue weighted by Gasteiger charge is 2.58. The monoisotopic (exact) mass is 605 g/mol. The lowest BCUT2D eigenvalue weighted by atomic mass is 9.83. The first-order valence-corrected chi connectivity index (χ1v) is 14.6. The summed E-state index contributed by atoms with van der Waals surface area (Å²) in [6, 6.07) is 8.22. The molecule has 44 heavy (non-hydrogen) atoms. The van der Waals surface area contributed by atoms with Crippen LogP contribution in [0.3, 0.4) is 0 Å². The highest BCUT2D eigenvalue weighted by atomic mass is 19.4. The summed E-state index contributed by atoms with van der Waals surface area (Å²) in [6.45, 7) is 0.617. The first kappa shape index (κ1) is 28.3. The Morgan fingerprint density at radius 2 is 1.82 bits per heavy atom. The molecule has 1 unspecified atom stereocenters. The average molecular weight is 606 g/mol. The number of nitrogens with zero attached hydrogens (tertiary/aromatic N) is 4. The van der Waals surface area contributed by atoms with Crippen molar-refractivity contribution in [2.24, 2.45) is 0 Å². The lowest BCUT2D eigenvalue weighted by Gasteiger charge is -2.29. The molecular weight excluding hydrogens is 575 g/mol. The largest absolute Gasteiger partial charge is 0.416 e. The summed E-state index contributed by atoms with van der Waals surface area (Å²) < 4.78 is 46.8. The van der Waals surface area contributed by atoms with Crippen molar-refractivity contribution in [3.05, 3.63) is 71.9 Å². The number of aromatic nitrogens is 4. The minimum Gasteiger partial charge on any atom is -0.382 e. The van der Waals surface area contributed by atoms with Gasteiger partial charge in [0.15, 0.2) is 0 Å². The van der Waals surface area contributed by atoms with Crippen molar-refractivity contribution < 1.29 is 27.5 Å². The predicted molar refractivity (Wildman–Crippen MR) is 155 cm³/mol. The van der Waals surface area contributed by atoms with Gasteiger partial charge in [-0.15, -0.1) is 0 Å². The molecule has 2 aliphatic carbocycles. The number of nitrogens with one attached hydrogen (secondary N) is 2. The van der Waals surface area contributed by atoms with E-state index in [0.717, 1.165) is 69.1 Å².